The maximum atomic E-state index is 12.8. The number of nitrogens with one attached hydrogen (secondary N) is 1. The van der Waals surface area contributed by atoms with Gasteiger partial charge in [-0.15, -0.1) is 0 Å². The van der Waals surface area contributed by atoms with E-state index in [1.165, 1.54) is 67.8 Å². The van der Waals surface area contributed by atoms with Gasteiger partial charge in [0.1, 0.15) is 11.6 Å². The Morgan fingerprint density at radius 3 is 2.67 bits per heavy atom. The van der Waals surface area contributed by atoms with Gasteiger partial charge in [-0.25, -0.2) is 9.82 Å². The van der Waals surface area contributed by atoms with Crippen molar-refractivity contribution in [2.24, 2.45) is 5.10 Å². The van der Waals surface area contributed by atoms with Crippen molar-refractivity contribution >= 4 is 12.1 Å². The number of aromatic nitrogens is 1. The largest absolute Gasteiger partial charge is 0.484 e. The zero-order chi connectivity index (χ0) is 19.2. The third-order valence-electron chi connectivity index (χ3n) is 5.04. The van der Waals surface area contributed by atoms with E-state index in [-0.39, 0.29) is 18.3 Å². The van der Waals surface area contributed by atoms with Crippen LogP contribution in [-0.4, -0.2) is 23.3 Å². The van der Waals surface area contributed by atoms with Gasteiger partial charge in [-0.05, 0) is 57.0 Å². The Morgan fingerprint density at radius 1 is 1.26 bits per heavy atom. The molecular weight excluding hydrogens is 345 g/mol. The number of nitrogens with zero attached hydrogens (tertiary/aromatic N) is 2. The van der Waals surface area contributed by atoms with Crippen molar-refractivity contribution in [3.05, 3.63) is 53.1 Å². The summed E-state index contributed by atoms with van der Waals surface area (Å²) >= 11 is 0. The molecule has 0 spiro atoms. The van der Waals surface area contributed by atoms with Crippen molar-refractivity contribution in [2.75, 3.05) is 6.61 Å². The van der Waals surface area contributed by atoms with Crippen LogP contribution < -0.4 is 10.2 Å². The smallest absolute Gasteiger partial charge is 0.277 e. The van der Waals surface area contributed by atoms with Crippen LogP contribution in [0.3, 0.4) is 0 Å². The molecule has 27 heavy (non-hydrogen) atoms. The van der Waals surface area contributed by atoms with Crippen LogP contribution in [0.15, 0.2) is 35.4 Å². The van der Waals surface area contributed by atoms with Gasteiger partial charge in [0.15, 0.2) is 6.61 Å². The van der Waals surface area contributed by atoms with Gasteiger partial charge in [0, 0.05) is 23.0 Å². The second-order valence-corrected chi connectivity index (χ2v) is 7.02. The number of hydrogen-bond donors (Lipinski definition) is 1. The molecule has 144 valence electrons. The summed E-state index contributed by atoms with van der Waals surface area (Å²) in [6.07, 6.45) is 8.03. The third kappa shape index (κ3) is 4.96. The van der Waals surface area contributed by atoms with E-state index in [4.69, 9.17) is 4.74 Å². The van der Waals surface area contributed by atoms with Crippen LogP contribution in [0.4, 0.5) is 4.39 Å². The average molecular weight is 371 g/mol. The van der Waals surface area contributed by atoms with E-state index in [1.807, 2.05) is 0 Å². The lowest BCUT2D eigenvalue weighted by atomic mass is 9.95. The number of carbonyl (C=O) groups excluding carboxylic acids is 1. The Hall–Kier alpha value is -2.63. The van der Waals surface area contributed by atoms with Crippen LogP contribution in [0, 0.1) is 19.7 Å². The summed E-state index contributed by atoms with van der Waals surface area (Å²) in [6, 6.07) is 8.20. The minimum Gasteiger partial charge on any atom is -0.484 e. The zero-order valence-electron chi connectivity index (χ0n) is 15.9. The van der Waals surface area contributed by atoms with E-state index in [2.05, 4.69) is 35.0 Å². The first kappa shape index (κ1) is 19.1. The molecule has 5 nitrogen and oxygen atoms in total. The SMILES string of the molecule is Cc1cc(/C=N\NC(=O)COc2ccc(F)cc2)c(C)n1C1CCCCC1. The second kappa shape index (κ2) is 8.84. The summed E-state index contributed by atoms with van der Waals surface area (Å²) in [7, 11) is 0. The minimum absolute atomic E-state index is 0.177. The molecule has 0 unspecified atom stereocenters. The first-order valence-electron chi connectivity index (χ1n) is 9.43. The lowest BCUT2D eigenvalue weighted by molar-refractivity contribution is -0.123. The lowest BCUT2D eigenvalue weighted by Crippen LogP contribution is -2.24. The summed E-state index contributed by atoms with van der Waals surface area (Å²) in [5.41, 5.74) is 5.89. The fraction of sp³-hybridized carbons (Fsp3) is 0.429. The minimum atomic E-state index is -0.364. The molecule has 1 aromatic heterocycles. The fourth-order valence-electron chi connectivity index (χ4n) is 3.72. The number of hydrazone groups is 1. The number of aryl methyl sites for hydroxylation is 1. The molecule has 1 saturated carbocycles. The third-order valence-corrected chi connectivity index (χ3v) is 5.04. The van der Waals surface area contributed by atoms with E-state index in [0.717, 1.165) is 5.56 Å². The predicted octanol–water partition coefficient (Wildman–Crippen LogP) is 4.28. The molecule has 0 bridgehead atoms. The zero-order valence-corrected chi connectivity index (χ0v) is 15.9. The molecule has 1 fully saturated rings. The summed E-state index contributed by atoms with van der Waals surface area (Å²) in [5, 5.41) is 4.05. The van der Waals surface area contributed by atoms with E-state index in [0.29, 0.717) is 11.8 Å². The van der Waals surface area contributed by atoms with Crippen molar-refractivity contribution in [1.29, 1.82) is 0 Å². The summed E-state index contributed by atoms with van der Waals surface area (Å²) in [6.45, 7) is 4.04. The molecule has 6 heteroatoms. The number of ether oxygens (including phenoxy) is 1. The molecule has 3 rings (SSSR count). The van der Waals surface area contributed by atoms with Crippen LogP contribution in [-0.2, 0) is 4.79 Å². The first-order valence-corrected chi connectivity index (χ1v) is 9.43. The fourth-order valence-corrected chi connectivity index (χ4v) is 3.72. The molecule has 0 aliphatic heterocycles. The topological polar surface area (TPSA) is 55.6 Å². The summed E-state index contributed by atoms with van der Waals surface area (Å²) < 4.78 is 20.5. The Balaban J connectivity index is 1.54. The van der Waals surface area contributed by atoms with Crippen molar-refractivity contribution in [3.63, 3.8) is 0 Å². The van der Waals surface area contributed by atoms with Gasteiger partial charge in [-0.3, -0.25) is 4.79 Å². The van der Waals surface area contributed by atoms with Gasteiger partial charge in [0.05, 0.1) is 6.21 Å². The van der Waals surface area contributed by atoms with Crippen LogP contribution in [0.1, 0.15) is 55.1 Å². The highest BCUT2D eigenvalue weighted by Crippen LogP contribution is 2.31. The highest BCUT2D eigenvalue weighted by atomic mass is 19.1. The Labute approximate surface area is 159 Å². The van der Waals surface area contributed by atoms with Gasteiger partial charge in [0.25, 0.3) is 5.91 Å². The lowest BCUT2D eigenvalue weighted by Gasteiger charge is -2.26. The normalized spacial score (nSPS) is 15.2. The molecule has 1 heterocycles. The van der Waals surface area contributed by atoms with Gasteiger partial charge in [0.2, 0.25) is 0 Å². The first-order chi connectivity index (χ1) is 13.0. The van der Waals surface area contributed by atoms with Crippen molar-refractivity contribution in [2.45, 2.75) is 52.0 Å². The molecule has 0 saturated heterocycles. The van der Waals surface area contributed by atoms with Gasteiger partial charge < -0.3 is 9.30 Å². The number of benzene rings is 1. The summed E-state index contributed by atoms with van der Waals surface area (Å²) in [4.78, 5) is 11.8. The molecule has 1 N–H and O–H groups in total. The number of carbonyl (C=O) groups is 1. The second-order valence-electron chi connectivity index (χ2n) is 7.02. The maximum absolute atomic E-state index is 12.8. The molecular formula is C21H26FN3O2. The predicted molar refractivity (Wildman–Crippen MR) is 104 cm³/mol. The summed E-state index contributed by atoms with van der Waals surface area (Å²) in [5.74, 6) is -0.273. The van der Waals surface area contributed by atoms with Crippen LogP contribution in [0.25, 0.3) is 0 Å². The van der Waals surface area contributed by atoms with Crippen LogP contribution in [0.2, 0.25) is 0 Å². The Kier molecular flexibility index (Phi) is 6.27. The molecule has 1 aliphatic carbocycles. The molecule has 1 amide bonds. The average Bonchev–Trinajstić information content (AvgIpc) is 2.95. The molecule has 0 radical (unpaired) electrons. The van der Waals surface area contributed by atoms with Crippen LogP contribution >= 0.6 is 0 Å². The van der Waals surface area contributed by atoms with Gasteiger partial charge in [-0.2, -0.15) is 5.10 Å². The van der Waals surface area contributed by atoms with Crippen molar-refractivity contribution in [1.82, 2.24) is 9.99 Å². The maximum Gasteiger partial charge on any atom is 0.277 e. The monoisotopic (exact) mass is 371 g/mol. The number of amides is 1. The quantitative estimate of drug-likeness (QED) is 0.609. The molecule has 2 aromatic rings. The Morgan fingerprint density at radius 2 is 1.96 bits per heavy atom. The number of rotatable bonds is 6. The van der Waals surface area contributed by atoms with Crippen LogP contribution in [0.5, 0.6) is 5.75 Å². The van der Waals surface area contributed by atoms with Crippen molar-refractivity contribution in [3.8, 4) is 5.75 Å². The van der Waals surface area contributed by atoms with E-state index >= 15 is 0 Å². The Bertz CT molecular complexity index is 806. The standard InChI is InChI=1S/C21H26FN3O2/c1-15-12-17(16(2)25(15)19-6-4-3-5-7-19)13-23-24-21(26)14-27-20-10-8-18(22)9-11-20/h8-13,19H,3-7,14H2,1-2H3,(H,24,26)/b23-13-. The number of halogens is 1. The molecule has 1 aliphatic rings. The highest BCUT2D eigenvalue weighted by Gasteiger charge is 2.19. The van der Waals surface area contributed by atoms with E-state index < -0.39 is 0 Å². The molecule has 1 aromatic carbocycles. The highest BCUT2D eigenvalue weighted by molar-refractivity contribution is 5.84. The van der Waals surface area contributed by atoms with Gasteiger partial charge >= 0.3 is 0 Å². The number of hydrogen-bond acceptors (Lipinski definition) is 3. The molecule has 0 atom stereocenters. The van der Waals surface area contributed by atoms with E-state index in [9.17, 15) is 9.18 Å². The van der Waals surface area contributed by atoms with Crippen molar-refractivity contribution < 1.29 is 13.9 Å². The van der Waals surface area contributed by atoms with Gasteiger partial charge in [-0.1, -0.05) is 19.3 Å². The van der Waals surface area contributed by atoms with E-state index in [1.54, 1.807) is 6.21 Å².